The fourth-order valence-corrected chi connectivity index (χ4v) is 5.28. The highest BCUT2D eigenvalue weighted by Gasteiger charge is 2.37. The van der Waals surface area contributed by atoms with Gasteiger partial charge in [-0.2, -0.15) is 0 Å². The number of thiazole rings is 1. The van der Waals surface area contributed by atoms with Crippen molar-refractivity contribution in [2.45, 2.75) is 26.7 Å². The van der Waals surface area contributed by atoms with Gasteiger partial charge in [0.25, 0.3) is 0 Å². The van der Waals surface area contributed by atoms with E-state index in [2.05, 4.69) is 30.6 Å². The number of fused-ring (bicyclic) bond motifs is 1. The number of piperidine rings is 1. The van der Waals surface area contributed by atoms with Crippen LogP contribution in [0.25, 0.3) is 32.6 Å². The molecule has 4 heterocycles. The lowest BCUT2D eigenvalue weighted by Crippen LogP contribution is -2.43. The van der Waals surface area contributed by atoms with Crippen molar-refractivity contribution in [3.8, 4) is 22.4 Å². The first-order valence-electron chi connectivity index (χ1n) is 12.1. The number of hydrogen-bond donors (Lipinski definition) is 3. The van der Waals surface area contributed by atoms with Crippen LogP contribution in [0.1, 0.15) is 26.7 Å². The summed E-state index contributed by atoms with van der Waals surface area (Å²) in [5.74, 6) is -0.168. The number of nitrogens with one attached hydrogen (secondary N) is 2. The monoisotopic (exact) mass is 517 g/mol. The van der Waals surface area contributed by atoms with Crippen LogP contribution < -0.4 is 15.5 Å². The number of carboxylic acid groups (broad SMARTS) is 1. The van der Waals surface area contributed by atoms with E-state index in [1.54, 1.807) is 25.5 Å². The highest BCUT2D eigenvalue weighted by molar-refractivity contribution is 7.22. The van der Waals surface area contributed by atoms with Gasteiger partial charge < -0.3 is 15.3 Å². The molecule has 190 valence electrons. The summed E-state index contributed by atoms with van der Waals surface area (Å²) in [4.78, 5) is 44.0. The maximum Gasteiger partial charge on any atom is 0.321 e. The van der Waals surface area contributed by atoms with Crippen LogP contribution in [-0.4, -0.2) is 56.7 Å². The van der Waals surface area contributed by atoms with Gasteiger partial charge in [0, 0.05) is 49.4 Å². The molecule has 3 N–H and O–H groups in total. The molecule has 0 bridgehead atoms. The topological polar surface area (TPSA) is 133 Å². The lowest BCUT2D eigenvalue weighted by molar-refractivity contribution is -0.149. The van der Waals surface area contributed by atoms with E-state index in [9.17, 15) is 14.7 Å². The number of benzene rings is 1. The van der Waals surface area contributed by atoms with E-state index < -0.39 is 11.4 Å². The van der Waals surface area contributed by atoms with Gasteiger partial charge in [0.2, 0.25) is 5.95 Å². The van der Waals surface area contributed by atoms with Gasteiger partial charge in [-0.3, -0.25) is 15.1 Å². The van der Waals surface area contributed by atoms with Crippen molar-refractivity contribution in [1.29, 1.82) is 0 Å². The molecule has 0 aliphatic carbocycles. The second-order valence-electron chi connectivity index (χ2n) is 9.22. The molecule has 37 heavy (non-hydrogen) atoms. The lowest BCUT2D eigenvalue weighted by atomic mass is 9.80. The molecule has 1 saturated heterocycles. The zero-order valence-corrected chi connectivity index (χ0v) is 21.4. The number of carbonyl (C=O) groups excluding carboxylic acids is 1. The predicted molar refractivity (Wildman–Crippen MR) is 144 cm³/mol. The van der Waals surface area contributed by atoms with E-state index in [0.717, 1.165) is 32.6 Å². The summed E-state index contributed by atoms with van der Waals surface area (Å²) in [5.41, 5.74) is 3.44. The molecule has 2 amide bonds. The molecule has 4 aromatic rings. The summed E-state index contributed by atoms with van der Waals surface area (Å²) in [7, 11) is 0. The van der Waals surface area contributed by atoms with Crippen LogP contribution in [0.15, 0.2) is 48.9 Å². The summed E-state index contributed by atoms with van der Waals surface area (Å²) in [6.07, 6.45) is 6.39. The fourth-order valence-electron chi connectivity index (χ4n) is 4.31. The number of pyridine rings is 1. The number of aliphatic carboxylic acids is 1. The first-order valence-corrected chi connectivity index (χ1v) is 12.9. The smallest absolute Gasteiger partial charge is 0.321 e. The quantitative estimate of drug-likeness (QED) is 0.337. The number of anilines is 2. The predicted octanol–water partition coefficient (Wildman–Crippen LogP) is 4.65. The van der Waals surface area contributed by atoms with Crippen molar-refractivity contribution in [2.75, 3.05) is 29.9 Å². The van der Waals surface area contributed by atoms with Gasteiger partial charge >= 0.3 is 12.0 Å². The number of urea groups is 1. The minimum absolute atomic E-state index is 0.300. The summed E-state index contributed by atoms with van der Waals surface area (Å²) in [5, 5.41) is 15.5. The van der Waals surface area contributed by atoms with Crippen LogP contribution in [0.2, 0.25) is 0 Å². The third-order valence-electron chi connectivity index (χ3n) is 6.63. The molecule has 0 saturated carbocycles. The normalized spacial score (nSPS) is 14.9. The summed E-state index contributed by atoms with van der Waals surface area (Å²) in [6.45, 7) is 5.36. The van der Waals surface area contributed by atoms with Gasteiger partial charge in [0.1, 0.15) is 0 Å². The Morgan fingerprint density at radius 1 is 1.11 bits per heavy atom. The van der Waals surface area contributed by atoms with Crippen molar-refractivity contribution >= 4 is 44.6 Å². The van der Waals surface area contributed by atoms with Crippen LogP contribution in [0.4, 0.5) is 15.9 Å². The molecule has 1 aliphatic rings. The number of carboxylic acids is 1. The molecule has 0 unspecified atom stereocenters. The Labute approximate surface area is 217 Å². The Morgan fingerprint density at radius 3 is 2.51 bits per heavy atom. The maximum absolute atomic E-state index is 12.0. The van der Waals surface area contributed by atoms with E-state index in [0.29, 0.717) is 43.6 Å². The highest BCUT2D eigenvalue weighted by Crippen LogP contribution is 2.38. The van der Waals surface area contributed by atoms with Crippen LogP contribution in [0, 0.1) is 5.41 Å². The van der Waals surface area contributed by atoms with Crippen molar-refractivity contribution in [3.63, 3.8) is 0 Å². The second kappa shape index (κ2) is 10.1. The molecule has 0 spiro atoms. The van der Waals surface area contributed by atoms with E-state index in [1.165, 1.54) is 11.3 Å². The molecule has 1 fully saturated rings. The second-order valence-corrected chi connectivity index (χ2v) is 10.2. The zero-order chi connectivity index (χ0) is 26.0. The summed E-state index contributed by atoms with van der Waals surface area (Å²) < 4.78 is 0.918. The highest BCUT2D eigenvalue weighted by atomic mass is 32.1. The van der Waals surface area contributed by atoms with Crippen LogP contribution in [0.3, 0.4) is 0 Å². The van der Waals surface area contributed by atoms with Gasteiger partial charge in [0.15, 0.2) is 5.13 Å². The van der Waals surface area contributed by atoms with E-state index in [1.807, 2.05) is 42.2 Å². The van der Waals surface area contributed by atoms with Crippen molar-refractivity contribution in [2.24, 2.45) is 5.41 Å². The third-order valence-corrected chi connectivity index (χ3v) is 7.65. The minimum Gasteiger partial charge on any atom is -0.481 e. The van der Waals surface area contributed by atoms with Gasteiger partial charge in [-0.1, -0.05) is 17.4 Å². The first-order chi connectivity index (χ1) is 17.9. The van der Waals surface area contributed by atoms with Gasteiger partial charge in [-0.15, -0.1) is 0 Å². The number of nitrogens with zero attached hydrogens (tertiary/aromatic N) is 5. The summed E-state index contributed by atoms with van der Waals surface area (Å²) >= 11 is 1.40. The van der Waals surface area contributed by atoms with Gasteiger partial charge in [-0.05, 0) is 56.5 Å². The van der Waals surface area contributed by atoms with Crippen LogP contribution in [0.5, 0.6) is 0 Å². The number of rotatable bonds is 6. The number of carbonyl (C=O) groups is 2. The largest absolute Gasteiger partial charge is 0.481 e. The molecular weight excluding hydrogens is 490 g/mol. The van der Waals surface area contributed by atoms with Gasteiger partial charge in [0.05, 0.1) is 21.3 Å². The Bertz CT molecular complexity index is 1430. The van der Waals surface area contributed by atoms with Crippen LogP contribution in [-0.2, 0) is 4.79 Å². The molecule has 11 heteroatoms. The number of hydrogen-bond acceptors (Lipinski definition) is 8. The molecule has 0 atom stereocenters. The minimum atomic E-state index is -0.756. The lowest BCUT2D eigenvalue weighted by Gasteiger charge is -2.36. The fraction of sp³-hybridized carbons (Fsp3) is 0.308. The maximum atomic E-state index is 12.0. The van der Waals surface area contributed by atoms with Crippen molar-refractivity contribution in [3.05, 3.63) is 48.9 Å². The Morgan fingerprint density at radius 2 is 1.86 bits per heavy atom. The van der Waals surface area contributed by atoms with Crippen LogP contribution >= 0.6 is 11.3 Å². The third kappa shape index (κ3) is 5.08. The van der Waals surface area contributed by atoms with Crippen molar-refractivity contribution in [1.82, 2.24) is 25.3 Å². The average Bonchev–Trinajstić information content (AvgIpc) is 3.31. The van der Waals surface area contributed by atoms with Crippen molar-refractivity contribution < 1.29 is 14.7 Å². The van der Waals surface area contributed by atoms with E-state index in [4.69, 9.17) is 0 Å². The zero-order valence-electron chi connectivity index (χ0n) is 20.6. The Balaban J connectivity index is 1.46. The molecule has 0 radical (unpaired) electrons. The number of aromatic nitrogens is 4. The van der Waals surface area contributed by atoms with Gasteiger partial charge in [-0.25, -0.2) is 19.7 Å². The SMILES string of the molecule is CCNC(=O)Nc1nc2cc(-c3cnc(N4CCC(C)(C(=O)O)CC4)nc3)cc(-c3ccccn3)c2s1. The molecule has 10 nitrogen and oxygen atoms in total. The average molecular weight is 518 g/mol. The molecule has 3 aromatic heterocycles. The Hall–Kier alpha value is -4.12. The number of amides is 2. The standard InChI is InChI=1S/C26H27N7O3S/c1-3-27-24(36)32-25-31-20-13-16(12-18(21(20)37-25)19-6-4-5-9-28-19)17-14-29-23(30-15-17)33-10-7-26(2,8-11-33)22(34)35/h4-6,9,12-15H,3,7-8,10-11H2,1-2H3,(H,34,35)(H2,27,31,32,36). The first kappa shape index (κ1) is 24.6. The molecule has 1 aliphatic heterocycles. The molecule has 1 aromatic carbocycles. The Kier molecular flexibility index (Phi) is 6.70. The molecular formula is C26H27N7O3S. The van der Waals surface area contributed by atoms with E-state index in [-0.39, 0.29) is 6.03 Å². The van der Waals surface area contributed by atoms with E-state index >= 15 is 0 Å². The molecule has 5 rings (SSSR count). The summed E-state index contributed by atoms with van der Waals surface area (Å²) in [6, 6.07) is 9.43.